The summed E-state index contributed by atoms with van der Waals surface area (Å²) in [7, 11) is 0. The highest BCUT2D eigenvalue weighted by molar-refractivity contribution is 6.25. The second-order valence-corrected chi connectivity index (χ2v) is 7.96. The van der Waals surface area contributed by atoms with E-state index in [-0.39, 0.29) is 5.75 Å². The molecule has 6 aromatic carbocycles. The van der Waals surface area contributed by atoms with Crippen molar-refractivity contribution in [1.82, 2.24) is 0 Å². The lowest BCUT2D eigenvalue weighted by Crippen LogP contribution is -1.93. The van der Waals surface area contributed by atoms with Gasteiger partial charge in [0.2, 0.25) is 0 Å². The summed E-state index contributed by atoms with van der Waals surface area (Å²) in [5.41, 5.74) is 3.61. The van der Waals surface area contributed by atoms with Gasteiger partial charge in [-0.25, -0.2) is 0 Å². The maximum Gasteiger partial charge on any atom is 0.124 e. The predicted molar refractivity (Wildman–Crippen MR) is 135 cm³/mol. The van der Waals surface area contributed by atoms with Gasteiger partial charge in [0.05, 0.1) is 5.69 Å². The first kappa shape index (κ1) is 18.4. The molecule has 3 nitrogen and oxygen atoms in total. The van der Waals surface area contributed by atoms with E-state index in [1.54, 1.807) is 18.3 Å². The average molecular weight is 412 g/mol. The Hall–Kier alpha value is -4.37. The highest BCUT2D eigenvalue weighted by Crippen LogP contribution is 2.38. The topological polar surface area (TPSA) is 44.6 Å². The fourth-order valence-electron chi connectivity index (χ4n) is 4.37. The van der Waals surface area contributed by atoms with E-state index < -0.39 is 0 Å². The minimum Gasteiger partial charge on any atom is -0.507 e. The highest BCUT2D eigenvalue weighted by Gasteiger charge is 2.10. The smallest absolute Gasteiger partial charge is 0.124 e. The molecule has 0 heterocycles. The molecule has 0 aliphatic rings. The van der Waals surface area contributed by atoms with Gasteiger partial charge < -0.3 is 10.4 Å². The van der Waals surface area contributed by atoms with Gasteiger partial charge in [0, 0.05) is 28.5 Å². The second-order valence-electron chi connectivity index (χ2n) is 7.96. The third kappa shape index (κ3) is 3.12. The number of aromatic hydroxyl groups is 1. The van der Waals surface area contributed by atoms with Crippen LogP contribution in [0, 0.1) is 0 Å². The van der Waals surface area contributed by atoms with Crippen molar-refractivity contribution in [2.45, 2.75) is 0 Å². The van der Waals surface area contributed by atoms with Gasteiger partial charge in [-0.05, 0) is 69.4 Å². The van der Waals surface area contributed by atoms with Crippen LogP contribution in [0.1, 0.15) is 5.56 Å². The summed E-state index contributed by atoms with van der Waals surface area (Å²) in [6, 6.07) is 34.8. The molecule has 6 rings (SSSR count). The van der Waals surface area contributed by atoms with Crippen molar-refractivity contribution in [3.63, 3.8) is 0 Å². The van der Waals surface area contributed by atoms with Gasteiger partial charge in [0.25, 0.3) is 0 Å². The van der Waals surface area contributed by atoms with E-state index in [0.29, 0.717) is 5.56 Å². The van der Waals surface area contributed by atoms with Gasteiger partial charge in [0.15, 0.2) is 0 Å². The molecule has 0 spiro atoms. The molecule has 152 valence electrons. The van der Waals surface area contributed by atoms with Crippen molar-refractivity contribution in [1.29, 1.82) is 0 Å². The minimum atomic E-state index is 0.226. The van der Waals surface area contributed by atoms with Crippen molar-refractivity contribution in [3.8, 4) is 5.75 Å². The normalized spacial score (nSPS) is 11.8. The molecule has 6 aromatic rings. The number of hydrogen-bond acceptors (Lipinski definition) is 3. The molecule has 0 bridgehead atoms. The molecular weight excluding hydrogens is 392 g/mol. The summed E-state index contributed by atoms with van der Waals surface area (Å²) < 4.78 is 0. The molecule has 0 fully saturated rings. The Morgan fingerprint density at radius 1 is 0.625 bits per heavy atom. The van der Waals surface area contributed by atoms with Gasteiger partial charge in [-0.1, -0.05) is 60.7 Å². The summed E-state index contributed by atoms with van der Waals surface area (Å²) in [6.45, 7) is 0. The molecule has 0 unspecified atom stereocenters. The van der Waals surface area contributed by atoms with Crippen LogP contribution in [0.15, 0.2) is 108 Å². The van der Waals surface area contributed by atoms with Gasteiger partial charge in [-0.3, -0.25) is 4.99 Å². The van der Waals surface area contributed by atoms with Crippen LogP contribution < -0.4 is 5.32 Å². The Morgan fingerprint density at radius 3 is 2.09 bits per heavy atom. The van der Waals surface area contributed by atoms with Crippen molar-refractivity contribution in [2.75, 3.05) is 5.32 Å². The van der Waals surface area contributed by atoms with Crippen LogP contribution in [0.25, 0.3) is 32.3 Å². The first-order valence-electron chi connectivity index (χ1n) is 10.6. The van der Waals surface area contributed by atoms with Crippen LogP contribution in [0.2, 0.25) is 0 Å². The first-order chi connectivity index (χ1) is 15.8. The van der Waals surface area contributed by atoms with Gasteiger partial charge in [-0.15, -0.1) is 0 Å². The van der Waals surface area contributed by atoms with Crippen LogP contribution in [-0.4, -0.2) is 11.3 Å². The zero-order chi connectivity index (χ0) is 21.5. The summed E-state index contributed by atoms with van der Waals surface area (Å²) >= 11 is 0. The summed E-state index contributed by atoms with van der Waals surface area (Å²) in [5.74, 6) is 0.226. The molecule has 32 heavy (non-hydrogen) atoms. The fraction of sp³-hybridized carbons (Fsp3) is 0. The molecule has 0 saturated heterocycles. The molecule has 0 radical (unpaired) electrons. The molecule has 3 heteroatoms. The summed E-state index contributed by atoms with van der Waals surface area (Å²) in [5, 5.41) is 21.1. The number of hydrogen-bond donors (Lipinski definition) is 2. The number of anilines is 2. The first-order valence-corrected chi connectivity index (χ1v) is 10.6. The zero-order valence-corrected chi connectivity index (χ0v) is 17.3. The number of benzene rings is 6. The molecule has 0 saturated carbocycles. The van der Waals surface area contributed by atoms with Crippen molar-refractivity contribution < 1.29 is 5.11 Å². The molecular formula is C29H20N2O. The van der Waals surface area contributed by atoms with Gasteiger partial charge in [0.1, 0.15) is 5.75 Å². The predicted octanol–water partition coefficient (Wildman–Crippen LogP) is 7.78. The zero-order valence-electron chi connectivity index (χ0n) is 17.3. The Labute approximate surface area is 185 Å². The lowest BCUT2D eigenvalue weighted by atomic mass is 9.93. The SMILES string of the molecule is Oc1ccccc1C=Nc1ccc(Nc2ccc3ccc4cccc5ccc2c3c45)cc1. The van der Waals surface area contributed by atoms with E-state index in [1.165, 1.54) is 32.3 Å². The van der Waals surface area contributed by atoms with Crippen molar-refractivity contribution in [2.24, 2.45) is 4.99 Å². The molecule has 0 amide bonds. The number of phenols is 1. The maximum absolute atomic E-state index is 9.88. The number of phenolic OH excluding ortho intramolecular Hbond substituents is 1. The standard InChI is InChI=1S/C29H20N2O/c32-27-7-2-1-4-22(27)18-30-23-12-14-24(15-13-23)31-26-17-11-21-9-8-19-5-3-6-20-10-16-25(26)29(21)28(19)20/h1-18,31-32H. The number of nitrogens with one attached hydrogen (secondary N) is 1. The molecule has 0 aliphatic heterocycles. The highest BCUT2D eigenvalue weighted by atomic mass is 16.3. The lowest BCUT2D eigenvalue weighted by Gasteiger charge is -2.15. The van der Waals surface area contributed by atoms with Crippen LogP contribution in [0.5, 0.6) is 5.75 Å². The van der Waals surface area contributed by atoms with E-state index in [0.717, 1.165) is 17.1 Å². The van der Waals surface area contributed by atoms with Crippen molar-refractivity contribution in [3.05, 3.63) is 109 Å². The molecule has 0 atom stereocenters. The van der Waals surface area contributed by atoms with Crippen LogP contribution >= 0.6 is 0 Å². The number of rotatable bonds is 4. The van der Waals surface area contributed by atoms with Crippen LogP contribution in [0.3, 0.4) is 0 Å². The number of para-hydroxylation sites is 1. The van der Waals surface area contributed by atoms with Crippen LogP contribution in [-0.2, 0) is 0 Å². The Balaban J connectivity index is 1.34. The lowest BCUT2D eigenvalue weighted by molar-refractivity contribution is 0.474. The minimum absolute atomic E-state index is 0.226. The monoisotopic (exact) mass is 412 g/mol. The van der Waals surface area contributed by atoms with E-state index in [1.807, 2.05) is 36.4 Å². The summed E-state index contributed by atoms with van der Waals surface area (Å²) in [6.07, 6.45) is 1.68. The second kappa shape index (κ2) is 7.40. The van der Waals surface area contributed by atoms with Crippen LogP contribution in [0.4, 0.5) is 17.1 Å². The fourth-order valence-corrected chi connectivity index (χ4v) is 4.37. The maximum atomic E-state index is 9.88. The third-order valence-corrected chi connectivity index (χ3v) is 5.96. The third-order valence-electron chi connectivity index (χ3n) is 5.96. The average Bonchev–Trinajstić information content (AvgIpc) is 2.84. The van der Waals surface area contributed by atoms with E-state index >= 15 is 0 Å². The molecule has 2 N–H and O–H groups in total. The van der Waals surface area contributed by atoms with Gasteiger partial charge in [-0.2, -0.15) is 0 Å². The molecule has 0 aliphatic carbocycles. The Bertz CT molecular complexity index is 1580. The Morgan fingerprint density at radius 2 is 1.31 bits per heavy atom. The van der Waals surface area contributed by atoms with E-state index in [2.05, 4.69) is 64.9 Å². The largest absolute Gasteiger partial charge is 0.507 e. The Kier molecular flexibility index (Phi) is 4.25. The van der Waals surface area contributed by atoms with Crippen molar-refractivity contribution >= 4 is 55.6 Å². The number of aliphatic imine (C=N–C) groups is 1. The summed E-state index contributed by atoms with van der Waals surface area (Å²) in [4.78, 5) is 4.48. The molecule has 0 aromatic heterocycles. The quantitative estimate of drug-likeness (QED) is 0.229. The van der Waals surface area contributed by atoms with E-state index in [9.17, 15) is 5.11 Å². The van der Waals surface area contributed by atoms with Gasteiger partial charge >= 0.3 is 0 Å². The van der Waals surface area contributed by atoms with E-state index in [4.69, 9.17) is 0 Å². The number of nitrogens with zero attached hydrogens (tertiary/aromatic N) is 1.